The van der Waals surface area contributed by atoms with Gasteiger partial charge in [-0.25, -0.2) is 4.68 Å². The average molecular weight is 213 g/mol. The largest absolute Gasteiger partial charge is 0.381 e. The highest BCUT2D eigenvalue weighted by molar-refractivity contribution is 4.77. The highest BCUT2D eigenvalue weighted by Gasteiger charge is 2.02. The summed E-state index contributed by atoms with van der Waals surface area (Å²) in [5.74, 6) is 0.726. The molecular weight excluding hydrogens is 194 g/mol. The molecule has 0 saturated heterocycles. The van der Waals surface area contributed by atoms with E-state index in [9.17, 15) is 0 Å². The van der Waals surface area contributed by atoms with E-state index in [4.69, 9.17) is 10.5 Å². The molecule has 2 N–H and O–H groups in total. The summed E-state index contributed by atoms with van der Waals surface area (Å²) in [5.41, 5.74) is 5.47. The second-order valence-corrected chi connectivity index (χ2v) is 3.34. The van der Waals surface area contributed by atoms with Gasteiger partial charge in [0.1, 0.15) is 0 Å². The van der Waals surface area contributed by atoms with E-state index >= 15 is 0 Å². The predicted octanol–water partition coefficient (Wildman–Crippen LogP) is 0.339. The van der Waals surface area contributed by atoms with Crippen LogP contribution in [-0.2, 0) is 17.8 Å². The normalized spacial score (nSPS) is 10.8. The number of hydrogen-bond acceptors (Lipinski definition) is 5. The zero-order valence-corrected chi connectivity index (χ0v) is 9.22. The lowest BCUT2D eigenvalue weighted by atomic mass is 10.4. The van der Waals surface area contributed by atoms with Gasteiger partial charge in [0.25, 0.3) is 0 Å². The van der Waals surface area contributed by atoms with Crippen molar-refractivity contribution in [3.63, 3.8) is 0 Å². The highest BCUT2D eigenvalue weighted by Crippen LogP contribution is 1.95. The van der Waals surface area contributed by atoms with Crippen LogP contribution < -0.4 is 5.73 Å². The Hall–Kier alpha value is -1.01. The van der Waals surface area contributed by atoms with Gasteiger partial charge in [0, 0.05) is 19.8 Å². The van der Waals surface area contributed by atoms with Gasteiger partial charge >= 0.3 is 0 Å². The molecule has 0 fully saturated rings. The fraction of sp³-hybridized carbons (Fsp3) is 0.889. The summed E-state index contributed by atoms with van der Waals surface area (Å²) in [7, 11) is 0. The second kappa shape index (κ2) is 7.30. The maximum atomic E-state index is 5.47. The number of aryl methyl sites for hydroxylation is 1. The third kappa shape index (κ3) is 4.35. The third-order valence-corrected chi connectivity index (χ3v) is 2.09. The summed E-state index contributed by atoms with van der Waals surface area (Å²) in [4.78, 5) is 0. The standard InChI is InChI=1S/C9H19N5O/c1-2-3-6-15-7-4-5-14-9(8-10)11-12-13-14/h2-8,10H2,1H3. The summed E-state index contributed by atoms with van der Waals surface area (Å²) in [6, 6.07) is 0. The number of unbranched alkanes of at least 4 members (excludes halogenated alkanes) is 1. The van der Waals surface area contributed by atoms with Gasteiger partial charge in [-0.15, -0.1) is 5.10 Å². The number of nitrogens with two attached hydrogens (primary N) is 1. The molecule has 1 aromatic rings. The van der Waals surface area contributed by atoms with E-state index in [0.717, 1.165) is 38.4 Å². The van der Waals surface area contributed by atoms with Crippen LogP contribution in [0.3, 0.4) is 0 Å². The number of hydrogen-bond donors (Lipinski definition) is 1. The summed E-state index contributed by atoms with van der Waals surface area (Å²) in [6.45, 7) is 4.90. The number of rotatable bonds is 8. The van der Waals surface area contributed by atoms with E-state index in [0.29, 0.717) is 6.54 Å². The summed E-state index contributed by atoms with van der Waals surface area (Å²) < 4.78 is 7.16. The lowest BCUT2D eigenvalue weighted by Crippen LogP contribution is -2.11. The molecule has 0 radical (unpaired) electrons. The van der Waals surface area contributed by atoms with Gasteiger partial charge in [-0.3, -0.25) is 0 Å². The molecule has 0 aromatic carbocycles. The van der Waals surface area contributed by atoms with Crippen molar-refractivity contribution < 1.29 is 4.74 Å². The number of ether oxygens (including phenoxy) is 1. The third-order valence-electron chi connectivity index (χ3n) is 2.09. The van der Waals surface area contributed by atoms with Crippen LogP contribution in [0.5, 0.6) is 0 Å². The Labute approximate surface area is 89.8 Å². The average Bonchev–Trinajstić information content (AvgIpc) is 2.70. The topological polar surface area (TPSA) is 78.8 Å². The minimum atomic E-state index is 0.379. The fourth-order valence-corrected chi connectivity index (χ4v) is 1.21. The van der Waals surface area contributed by atoms with Crippen LogP contribution in [0.15, 0.2) is 0 Å². The van der Waals surface area contributed by atoms with Crippen molar-refractivity contribution in [3.8, 4) is 0 Å². The van der Waals surface area contributed by atoms with Crippen molar-refractivity contribution in [2.24, 2.45) is 5.73 Å². The molecule has 0 spiro atoms. The SMILES string of the molecule is CCCCOCCCn1nnnc1CN. The first-order valence-corrected chi connectivity index (χ1v) is 5.41. The van der Waals surface area contributed by atoms with Crippen molar-refractivity contribution in [2.45, 2.75) is 39.3 Å². The molecule has 0 aliphatic carbocycles. The molecule has 0 amide bonds. The van der Waals surface area contributed by atoms with E-state index in [-0.39, 0.29) is 0 Å². The molecule has 0 bridgehead atoms. The summed E-state index contributed by atoms with van der Waals surface area (Å²) >= 11 is 0. The van der Waals surface area contributed by atoms with Crippen LogP contribution in [-0.4, -0.2) is 33.4 Å². The Bertz CT molecular complexity index is 263. The van der Waals surface area contributed by atoms with Crippen molar-refractivity contribution >= 4 is 0 Å². The van der Waals surface area contributed by atoms with Crippen molar-refractivity contribution in [1.29, 1.82) is 0 Å². The van der Waals surface area contributed by atoms with Gasteiger partial charge in [-0.1, -0.05) is 13.3 Å². The summed E-state index contributed by atoms with van der Waals surface area (Å²) in [5, 5.41) is 11.2. The van der Waals surface area contributed by atoms with Crippen LogP contribution in [0, 0.1) is 0 Å². The lowest BCUT2D eigenvalue weighted by Gasteiger charge is -2.04. The van der Waals surface area contributed by atoms with Crippen LogP contribution in [0.1, 0.15) is 32.0 Å². The Morgan fingerprint density at radius 3 is 2.87 bits per heavy atom. The van der Waals surface area contributed by atoms with Gasteiger partial charge in [0.05, 0.1) is 6.54 Å². The van der Waals surface area contributed by atoms with Gasteiger partial charge < -0.3 is 10.5 Å². The van der Waals surface area contributed by atoms with Crippen LogP contribution >= 0.6 is 0 Å². The molecule has 0 aliphatic rings. The Kier molecular flexibility index (Phi) is 5.87. The Morgan fingerprint density at radius 2 is 2.13 bits per heavy atom. The molecule has 0 aliphatic heterocycles. The first kappa shape index (κ1) is 12.1. The second-order valence-electron chi connectivity index (χ2n) is 3.34. The Balaban J connectivity index is 2.09. The Morgan fingerprint density at radius 1 is 1.33 bits per heavy atom. The molecule has 1 rings (SSSR count). The van der Waals surface area contributed by atoms with Gasteiger partial charge in [0.2, 0.25) is 0 Å². The molecular formula is C9H19N5O. The zero-order chi connectivity index (χ0) is 10.9. The van der Waals surface area contributed by atoms with E-state index in [1.807, 2.05) is 0 Å². The maximum Gasteiger partial charge on any atom is 0.164 e. The smallest absolute Gasteiger partial charge is 0.164 e. The summed E-state index contributed by atoms with van der Waals surface area (Å²) in [6.07, 6.45) is 3.21. The van der Waals surface area contributed by atoms with Crippen molar-refractivity contribution in [3.05, 3.63) is 5.82 Å². The molecule has 6 heteroatoms. The lowest BCUT2D eigenvalue weighted by molar-refractivity contribution is 0.125. The molecule has 1 aromatic heterocycles. The monoisotopic (exact) mass is 213 g/mol. The number of tetrazole rings is 1. The van der Waals surface area contributed by atoms with Gasteiger partial charge in [0.15, 0.2) is 5.82 Å². The van der Waals surface area contributed by atoms with Crippen molar-refractivity contribution in [2.75, 3.05) is 13.2 Å². The molecule has 0 saturated carbocycles. The molecule has 86 valence electrons. The zero-order valence-electron chi connectivity index (χ0n) is 9.22. The van der Waals surface area contributed by atoms with Gasteiger partial charge in [-0.05, 0) is 23.3 Å². The van der Waals surface area contributed by atoms with E-state index < -0.39 is 0 Å². The van der Waals surface area contributed by atoms with Crippen molar-refractivity contribution in [1.82, 2.24) is 20.2 Å². The number of aromatic nitrogens is 4. The minimum absolute atomic E-state index is 0.379. The highest BCUT2D eigenvalue weighted by atomic mass is 16.5. The maximum absolute atomic E-state index is 5.47. The van der Waals surface area contributed by atoms with Crippen LogP contribution in [0.4, 0.5) is 0 Å². The van der Waals surface area contributed by atoms with Crippen LogP contribution in [0.2, 0.25) is 0 Å². The molecule has 1 heterocycles. The number of nitrogens with zero attached hydrogens (tertiary/aromatic N) is 4. The molecule has 15 heavy (non-hydrogen) atoms. The first-order chi connectivity index (χ1) is 7.38. The van der Waals surface area contributed by atoms with E-state index in [1.165, 1.54) is 6.42 Å². The fourth-order valence-electron chi connectivity index (χ4n) is 1.21. The quantitative estimate of drug-likeness (QED) is 0.630. The van der Waals surface area contributed by atoms with E-state index in [1.54, 1.807) is 4.68 Å². The first-order valence-electron chi connectivity index (χ1n) is 5.41. The van der Waals surface area contributed by atoms with Crippen LogP contribution in [0.25, 0.3) is 0 Å². The molecule has 6 nitrogen and oxygen atoms in total. The minimum Gasteiger partial charge on any atom is -0.381 e. The molecule has 0 atom stereocenters. The van der Waals surface area contributed by atoms with Gasteiger partial charge in [-0.2, -0.15) is 0 Å². The predicted molar refractivity (Wildman–Crippen MR) is 56.1 cm³/mol. The molecule has 0 unspecified atom stereocenters. The van der Waals surface area contributed by atoms with E-state index in [2.05, 4.69) is 22.4 Å².